The molecule has 2 heterocycles. The lowest BCUT2D eigenvalue weighted by molar-refractivity contribution is -0.150. The van der Waals surface area contributed by atoms with E-state index in [9.17, 15) is 14.0 Å². The largest absolute Gasteiger partial charge is 0.465 e. The zero-order chi connectivity index (χ0) is 18.7. The maximum absolute atomic E-state index is 14.3. The molecule has 0 fully saturated rings. The van der Waals surface area contributed by atoms with Crippen LogP contribution in [0.3, 0.4) is 0 Å². The number of hydrogen-bond acceptors (Lipinski definition) is 6. The quantitative estimate of drug-likeness (QED) is 0.747. The van der Waals surface area contributed by atoms with Crippen molar-refractivity contribution in [1.82, 2.24) is 4.90 Å². The number of nitrogens with zero attached hydrogens (tertiary/aromatic N) is 1. The lowest BCUT2D eigenvalue weighted by Crippen LogP contribution is -2.39. The minimum absolute atomic E-state index is 0.234. The van der Waals surface area contributed by atoms with Crippen LogP contribution in [0.2, 0.25) is 0 Å². The summed E-state index contributed by atoms with van der Waals surface area (Å²) in [5.74, 6) is -1.25. The molecule has 1 atom stereocenters. The summed E-state index contributed by atoms with van der Waals surface area (Å²) in [6.07, 6.45) is 0.700. The Bertz CT molecular complexity index is 820. The molecule has 0 unspecified atom stereocenters. The zero-order valence-electron chi connectivity index (χ0n) is 14.7. The molecule has 0 aliphatic carbocycles. The molecule has 0 amide bonds. The van der Waals surface area contributed by atoms with Gasteiger partial charge in [-0.25, -0.2) is 9.18 Å². The molecule has 0 saturated carbocycles. The van der Waals surface area contributed by atoms with E-state index in [-0.39, 0.29) is 12.6 Å². The minimum Gasteiger partial charge on any atom is -0.465 e. The Hall–Kier alpha value is -2.25. The summed E-state index contributed by atoms with van der Waals surface area (Å²) in [5.41, 5.74) is 1.30. The Morgan fingerprint density at radius 3 is 2.81 bits per heavy atom. The standard InChI is InChI=1S/C19H20FNO4S/c1-3-24-19(23)18(14-6-4-5-7-15(14)20)21-9-8-16-13(11-21)10-17(26-16)25-12(2)22/h4-7,10,18H,3,8-9,11H2,1-2H3/t18-/m0/s1. The van der Waals surface area contributed by atoms with E-state index in [1.54, 1.807) is 25.1 Å². The second-order valence-electron chi connectivity index (χ2n) is 6.00. The SMILES string of the molecule is CCOC(=O)[C@H](c1ccccc1F)N1CCc2sc(OC(C)=O)cc2C1. The van der Waals surface area contributed by atoms with Crippen molar-refractivity contribution in [3.05, 3.63) is 52.2 Å². The van der Waals surface area contributed by atoms with Crippen LogP contribution in [0.15, 0.2) is 30.3 Å². The number of fused-ring (bicyclic) bond motifs is 1. The summed E-state index contributed by atoms with van der Waals surface area (Å²) in [5, 5.41) is 0.544. The first kappa shape index (κ1) is 18.5. The summed E-state index contributed by atoms with van der Waals surface area (Å²) >= 11 is 1.44. The topological polar surface area (TPSA) is 55.8 Å². The average molecular weight is 377 g/mol. The van der Waals surface area contributed by atoms with Crippen LogP contribution in [0.5, 0.6) is 5.06 Å². The summed E-state index contributed by atoms with van der Waals surface area (Å²) in [4.78, 5) is 26.7. The molecule has 1 aromatic carbocycles. The van der Waals surface area contributed by atoms with E-state index in [1.807, 2.05) is 11.0 Å². The second kappa shape index (κ2) is 7.97. The van der Waals surface area contributed by atoms with E-state index in [0.29, 0.717) is 30.1 Å². The minimum atomic E-state index is -0.804. The van der Waals surface area contributed by atoms with Crippen molar-refractivity contribution in [2.24, 2.45) is 0 Å². The molecule has 0 spiro atoms. The molecule has 0 radical (unpaired) electrons. The summed E-state index contributed by atoms with van der Waals surface area (Å²) in [6, 6.07) is 7.28. The molecule has 0 bridgehead atoms. The third kappa shape index (κ3) is 3.94. The summed E-state index contributed by atoms with van der Waals surface area (Å²) in [6.45, 7) is 4.38. The number of thiophene rings is 1. The summed E-state index contributed by atoms with van der Waals surface area (Å²) in [7, 11) is 0. The third-order valence-electron chi connectivity index (χ3n) is 4.19. The first-order chi connectivity index (χ1) is 12.5. The number of hydrogen-bond donors (Lipinski definition) is 0. The molecule has 138 valence electrons. The Morgan fingerprint density at radius 1 is 1.35 bits per heavy atom. The van der Waals surface area contributed by atoms with Gasteiger partial charge in [-0.1, -0.05) is 18.2 Å². The van der Waals surface area contributed by atoms with E-state index in [4.69, 9.17) is 9.47 Å². The van der Waals surface area contributed by atoms with Crippen molar-refractivity contribution in [3.63, 3.8) is 0 Å². The normalized spacial score (nSPS) is 15.2. The highest BCUT2D eigenvalue weighted by atomic mass is 32.1. The van der Waals surface area contributed by atoms with Gasteiger partial charge in [0.1, 0.15) is 11.9 Å². The maximum atomic E-state index is 14.3. The van der Waals surface area contributed by atoms with Crippen LogP contribution in [-0.2, 0) is 27.3 Å². The average Bonchev–Trinajstić information content (AvgIpc) is 2.98. The van der Waals surface area contributed by atoms with Gasteiger partial charge in [0.25, 0.3) is 0 Å². The molecule has 7 heteroatoms. The third-order valence-corrected chi connectivity index (χ3v) is 5.31. The molecule has 3 rings (SSSR count). The van der Waals surface area contributed by atoms with Crippen LogP contribution in [0.25, 0.3) is 0 Å². The predicted octanol–water partition coefficient (Wildman–Crippen LogP) is 3.48. The number of carbonyl (C=O) groups is 2. The number of carbonyl (C=O) groups excluding carboxylic acids is 2. The van der Waals surface area contributed by atoms with Crippen LogP contribution in [-0.4, -0.2) is 30.0 Å². The van der Waals surface area contributed by atoms with Gasteiger partial charge < -0.3 is 9.47 Å². The van der Waals surface area contributed by atoms with Crippen molar-refractivity contribution in [2.75, 3.05) is 13.2 Å². The molecule has 0 saturated heterocycles. The smallest absolute Gasteiger partial charge is 0.328 e. The highest BCUT2D eigenvalue weighted by molar-refractivity contribution is 7.14. The van der Waals surface area contributed by atoms with Gasteiger partial charge in [0, 0.05) is 30.5 Å². The van der Waals surface area contributed by atoms with Crippen LogP contribution < -0.4 is 4.74 Å². The highest BCUT2D eigenvalue weighted by Crippen LogP contribution is 2.36. The van der Waals surface area contributed by atoms with Crippen LogP contribution in [0, 0.1) is 5.82 Å². The van der Waals surface area contributed by atoms with E-state index in [2.05, 4.69) is 0 Å². The molecule has 1 aromatic heterocycles. The molecule has 1 aliphatic rings. The van der Waals surface area contributed by atoms with Crippen molar-refractivity contribution < 1.29 is 23.5 Å². The number of rotatable bonds is 5. The maximum Gasteiger partial charge on any atom is 0.328 e. The van der Waals surface area contributed by atoms with Crippen molar-refractivity contribution in [3.8, 4) is 5.06 Å². The van der Waals surface area contributed by atoms with Crippen LogP contribution in [0.1, 0.15) is 35.9 Å². The number of halogens is 1. The van der Waals surface area contributed by atoms with Crippen molar-refractivity contribution in [1.29, 1.82) is 0 Å². The second-order valence-corrected chi connectivity index (χ2v) is 7.10. The predicted molar refractivity (Wildman–Crippen MR) is 95.5 cm³/mol. The Labute approximate surface area is 155 Å². The Morgan fingerprint density at radius 2 is 2.12 bits per heavy atom. The first-order valence-corrected chi connectivity index (χ1v) is 9.26. The summed E-state index contributed by atoms with van der Waals surface area (Å²) < 4.78 is 24.7. The van der Waals surface area contributed by atoms with Gasteiger partial charge in [0.15, 0.2) is 5.06 Å². The fourth-order valence-electron chi connectivity index (χ4n) is 3.13. The fraction of sp³-hybridized carbons (Fsp3) is 0.368. The van der Waals surface area contributed by atoms with Gasteiger partial charge in [-0.15, -0.1) is 11.3 Å². The zero-order valence-corrected chi connectivity index (χ0v) is 15.5. The lowest BCUT2D eigenvalue weighted by atomic mass is 10.0. The monoisotopic (exact) mass is 377 g/mol. The van der Waals surface area contributed by atoms with Crippen LogP contribution >= 0.6 is 11.3 Å². The van der Waals surface area contributed by atoms with Gasteiger partial charge in [-0.3, -0.25) is 9.69 Å². The van der Waals surface area contributed by atoms with E-state index in [1.165, 1.54) is 24.3 Å². The molecular formula is C19H20FNO4S. The number of esters is 2. The van der Waals surface area contributed by atoms with Crippen molar-refractivity contribution in [2.45, 2.75) is 32.9 Å². The van der Waals surface area contributed by atoms with Crippen molar-refractivity contribution >= 4 is 23.3 Å². The van der Waals surface area contributed by atoms with Gasteiger partial charge in [0.2, 0.25) is 0 Å². The van der Waals surface area contributed by atoms with E-state index < -0.39 is 17.8 Å². The van der Waals surface area contributed by atoms with Gasteiger partial charge in [-0.2, -0.15) is 0 Å². The molecule has 0 N–H and O–H groups in total. The van der Waals surface area contributed by atoms with E-state index >= 15 is 0 Å². The van der Waals surface area contributed by atoms with Gasteiger partial charge in [-0.05, 0) is 31.0 Å². The molecule has 1 aliphatic heterocycles. The van der Waals surface area contributed by atoms with Gasteiger partial charge in [0.05, 0.1) is 6.61 Å². The molecule has 2 aromatic rings. The molecular weight excluding hydrogens is 357 g/mol. The number of ether oxygens (including phenoxy) is 2. The first-order valence-electron chi connectivity index (χ1n) is 8.44. The van der Waals surface area contributed by atoms with Crippen LogP contribution in [0.4, 0.5) is 4.39 Å². The van der Waals surface area contributed by atoms with Gasteiger partial charge >= 0.3 is 11.9 Å². The highest BCUT2D eigenvalue weighted by Gasteiger charge is 2.34. The van der Waals surface area contributed by atoms with E-state index in [0.717, 1.165) is 10.4 Å². The lowest BCUT2D eigenvalue weighted by Gasteiger charge is -2.33. The Balaban J connectivity index is 1.88. The fourth-order valence-corrected chi connectivity index (χ4v) is 4.18. The molecule has 26 heavy (non-hydrogen) atoms. The Kier molecular flexibility index (Phi) is 5.68. The number of benzene rings is 1. The molecule has 5 nitrogen and oxygen atoms in total.